The molecule has 5 nitrogen and oxygen atoms in total. The number of carboxylic acids is 2. The Hall–Kier alpha value is -3.70. The minimum absolute atomic E-state index is 0.182. The van der Waals surface area contributed by atoms with Crippen LogP contribution >= 0.6 is 0 Å². The van der Waals surface area contributed by atoms with E-state index in [2.05, 4.69) is 5.32 Å². The van der Waals surface area contributed by atoms with Crippen LogP contribution in [0.15, 0.2) is 97.1 Å². The summed E-state index contributed by atoms with van der Waals surface area (Å²) < 4.78 is 0. The van der Waals surface area contributed by atoms with Crippen molar-refractivity contribution in [1.82, 2.24) is 5.32 Å². The van der Waals surface area contributed by atoms with Gasteiger partial charge >= 0.3 is 11.9 Å². The third-order valence-corrected chi connectivity index (χ3v) is 7.95. The molecule has 0 amide bonds. The summed E-state index contributed by atoms with van der Waals surface area (Å²) in [4.78, 5) is 26.6. The van der Waals surface area contributed by atoms with E-state index in [-0.39, 0.29) is 12.8 Å². The molecule has 1 fully saturated rings. The van der Waals surface area contributed by atoms with Crippen LogP contribution in [-0.4, -0.2) is 28.2 Å². The Labute approximate surface area is 212 Å². The van der Waals surface area contributed by atoms with Crippen molar-refractivity contribution >= 4 is 18.0 Å². The largest absolute Gasteiger partial charge is 0.481 e. The lowest BCUT2D eigenvalue weighted by molar-refractivity contribution is -0.177. The number of aliphatic carboxylic acids is 2. The lowest BCUT2D eigenvalue weighted by atomic mass is 9.50. The molecule has 36 heavy (non-hydrogen) atoms. The summed E-state index contributed by atoms with van der Waals surface area (Å²) in [5.41, 5.74) is -0.213. The van der Waals surface area contributed by atoms with Crippen molar-refractivity contribution in [3.8, 4) is 0 Å². The first-order chi connectivity index (χ1) is 17.4. The molecule has 3 aromatic rings. The maximum absolute atomic E-state index is 13.6. The number of hydrogen-bond acceptors (Lipinski definition) is 3. The van der Waals surface area contributed by atoms with Crippen molar-refractivity contribution in [2.45, 2.75) is 38.8 Å². The van der Waals surface area contributed by atoms with E-state index in [0.717, 1.165) is 16.7 Å². The van der Waals surface area contributed by atoms with Gasteiger partial charge in [0.05, 0.1) is 10.8 Å². The maximum Gasteiger partial charge on any atom is 0.312 e. The Morgan fingerprint density at radius 2 is 1.36 bits per heavy atom. The number of carbonyl (C=O) groups is 2. The molecule has 0 aromatic heterocycles. The lowest BCUT2D eigenvalue weighted by Crippen LogP contribution is -2.68. The molecule has 186 valence electrons. The topological polar surface area (TPSA) is 86.6 Å². The van der Waals surface area contributed by atoms with Crippen molar-refractivity contribution in [3.63, 3.8) is 0 Å². The zero-order valence-corrected chi connectivity index (χ0v) is 20.7. The van der Waals surface area contributed by atoms with Crippen molar-refractivity contribution < 1.29 is 19.8 Å². The standard InChI is InChI=1S/C31H33NO4/c1-3-30(28(33)34)22(2)32-27(25-17-11-6-12-18-25)31(29(35)36,21-24-15-9-5-10-16-24)26(30)20-19-23-13-7-4-8-14-23/h4-20,22,26-27,32H,3,21H2,1-2H3,(H,33,34)(H,35,36)/b20-19+. The average Bonchev–Trinajstić information content (AvgIpc) is 2.89. The molecule has 1 saturated heterocycles. The van der Waals surface area contributed by atoms with E-state index in [1.54, 1.807) is 0 Å². The predicted octanol–water partition coefficient (Wildman–Crippen LogP) is 5.84. The summed E-state index contributed by atoms with van der Waals surface area (Å²) in [6.07, 6.45) is 4.19. The monoisotopic (exact) mass is 483 g/mol. The number of benzene rings is 3. The number of piperidine rings is 1. The van der Waals surface area contributed by atoms with Crippen LogP contribution in [0.1, 0.15) is 43.0 Å². The molecule has 0 spiro atoms. The first-order valence-electron chi connectivity index (χ1n) is 12.4. The fraction of sp³-hybridized carbons (Fsp3) is 0.290. The quantitative estimate of drug-likeness (QED) is 0.375. The molecule has 1 aliphatic heterocycles. The van der Waals surface area contributed by atoms with Crippen LogP contribution in [0, 0.1) is 16.7 Å². The number of hydrogen-bond donors (Lipinski definition) is 3. The van der Waals surface area contributed by atoms with Crippen LogP contribution in [0.5, 0.6) is 0 Å². The summed E-state index contributed by atoms with van der Waals surface area (Å²) in [7, 11) is 0. The predicted molar refractivity (Wildman–Crippen MR) is 141 cm³/mol. The summed E-state index contributed by atoms with van der Waals surface area (Å²) in [5.74, 6) is -2.80. The van der Waals surface area contributed by atoms with Gasteiger partial charge in [0, 0.05) is 18.0 Å². The highest BCUT2D eigenvalue weighted by Crippen LogP contribution is 2.58. The number of allylic oxidation sites excluding steroid dienone is 1. The molecule has 1 aliphatic rings. The minimum Gasteiger partial charge on any atom is -0.481 e. The first kappa shape index (κ1) is 25.4. The van der Waals surface area contributed by atoms with E-state index >= 15 is 0 Å². The van der Waals surface area contributed by atoms with Gasteiger partial charge in [0.1, 0.15) is 0 Å². The second-order valence-electron chi connectivity index (χ2n) is 9.69. The molecule has 4 rings (SSSR count). The van der Waals surface area contributed by atoms with Gasteiger partial charge < -0.3 is 15.5 Å². The lowest BCUT2D eigenvalue weighted by Gasteiger charge is -2.57. The number of rotatable bonds is 8. The van der Waals surface area contributed by atoms with Gasteiger partial charge in [0.2, 0.25) is 0 Å². The van der Waals surface area contributed by atoms with Gasteiger partial charge in [-0.15, -0.1) is 0 Å². The summed E-state index contributed by atoms with van der Waals surface area (Å²) in [6.45, 7) is 3.71. The molecule has 1 heterocycles. The normalized spacial score (nSPS) is 28.1. The first-order valence-corrected chi connectivity index (χ1v) is 12.4. The fourth-order valence-electron chi connectivity index (χ4n) is 6.08. The van der Waals surface area contributed by atoms with Gasteiger partial charge in [0.25, 0.3) is 0 Å². The average molecular weight is 484 g/mol. The number of carboxylic acid groups (broad SMARTS) is 2. The Bertz CT molecular complexity index is 1210. The molecule has 5 atom stereocenters. The van der Waals surface area contributed by atoms with Gasteiger partial charge in [-0.3, -0.25) is 9.59 Å². The summed E-state index contributed by atoms with van der Waals surface area (Å²) in [5, 5.41) is 25.3. The van der Waals surface area contributed by atoms with E-state index in [4.69, 9.17) is 0 Å². The van der Waals surface area contributed by atoms with Crippen LogP contribution in [0.4, 0.5) is 0 Å². The highest BCUT2D eigenvalue weighted by atomic mass is 16.4. The third-order valence-electron chi connectivity index (χ3n) is 7.95. The number of nitrogens with one attached hydrogen (secondary N) is 1. The second kappa shape index (κ2) is 10.5. The molecule has 3 aromatic carbocycles. The van der Waals surface area contributed by atoms with Gasteiger partial charge in [-0.05, 0) is 36.5 Å². The van der Waals surface area contributed by atoms with Crippen LogP contribution < -0.4 is 5.32 Å². The zero-order valence-electron chi connectivity index (χ0n) is 20.7. The van der Waals surface area contributed by atoms with Crippen LogP contribution in [-0.2, 0) is 16.0 Å². The van der Waals surface area contributed by atoms with E-state index in [0.29, 0.717) is 0 Å². The van der Waals surface area contributed by atoms with E-state index < -0.39 is 40.8 Å². The van der Waals surface area contributed by atoms with Gasteiger partial charge in [-0.2, -0.15) is 0 Å². The minimum atomic E-state index is -1.46. The van der Waals surface area contributed by atoms with Crippen molar-refractivity contribution in [2.75, 3.05) is 0 Å². The molecule has 0 bridgehead atoms. The molecule has 5 unspecified atom stereocenters. The molecule has 0 saturated carbocycles. The van der Waals surface area contributed by atoms with Crippen LogP contribution in [0.3, 0.4) is 0 Å². The second-order valence-corrected chi connectivity index (χ2v) is 9.69. The SMILES string of the molecule is CCC1(C(=O)O)C(C)NC(c2ccccc2)C(Cc2ccccc2)(C(=O)O)C1/C=C/c1ccccc1. The molecule has 0 radical (unpaired) electrons. The third kappa shape index (κ3) is 4.35. The summed E-state index contributed by atoms with van der Waals surface area (Å²) in [6, 6.07) is 27.6. The smallest absolute Gasteiger partial charge is 0.312 e. The highest BCUT2D eigenvalue weighted by Gasteiger charge is 2.66. The Morgan fingerprint density at radius 1 is 0.833 bits per heavy atom. The van der Waals surface area contributed by atoms with Crippen LogP contribution in [0.25, 0.3) is 6.08 Å². The van der Waals surface area contributed by atoms with E-state index in [1.165, 1.54) is 0 Å². The van der Waals surface area contributed by atoms with E-state index in [1.807, 2.05) is 117 Å². The Morgan fingerprint density at radius 3 is 1.89 bits per heavy atom. The van der Waals surface area contributed by atoms with Crippen molar-refractivity contribution in [2.24, 2.45) is 16.7 Å². The van der Waals surface area contributed by atoms with Crippen LogP contribution in [0.2, 0.25) is 0 Å². The van der Waals surface area contributed by atoms with E-state index in [9.17, 15) is 19.8 Å². The van der Waals surface area contributed by atoms with Gasteiger partial charge in [-0.1, -0.05) is 110 Å². The van der Waals surface area contributed by atoms with Crippen molar-refractivity contribution in [1.29, 1.82) is 0 Å². The molecule has 0 aliphatic carbocycles. The molecule has 3 N–H and O–H groups in total. The molecule has 5 heteroatoms. The Balaban J connectivity index is 2.01. The van der Waals surface area contributed by atoms with Gasteiger partial charge in [0.15, 0.2) is 0 Å². The van der Waals surface area contributed by atoms with Gasteiger partial charge in [-0.25, -0.2) is 0 Å². The molecular formula is C31H33NO4. The molecular weight excluding hydrogens is 450 g/mol. The summed E-state index contributed by atoms with van der Waals surface area (Å²) >= 11 is 0. The zero-order chi connectivity index (χ0) is 25.8. The maximum atomic E-state index is 13.6. The highest BCUT2D eigenvalue weighted by molar-refractivity contribution is 5.84. The van der Waals surface area contributed by atoms with Crippen molar-refractivity contribution in [3.05, 3.63) is 114 Å². The Kier molecular flexibility index (Phi) is 7.41. The fourth-order valence-corrected chi connectivity index (χ4v) is 6.08.